The standard InChI is InChI=1S/C17H15F6NO2S/c1-24(27)15(9-3-4-13(19)14(7-9)25-2)10-5-11(18)8-12(6-10)26-17(22,23)16(20)21/h3-8,15-16,27H,1-2H3. The molecule has 1 atom stereocenters. The molecule has 10 heteroatoms. The van der Waals surface area contributed by atoms with E-state index in [1.807, 2.05) is 0 Å². The van der Waals surface area contributed by atoms with Crippen LogP contribution < -0.4 is 9.47 Å². The number of halogens is 6. The first-order valence-electron chi connectivity index (χ1n) is 7.45. The van der Waals surface area contributed by atoms with Crippen molar-refractivity contribution in [3.05, 3.63) is 59.2 Å². The van der Waals surface area contributed by atoms with Crippen LogP contribution in [-0.4, -0.2) is 31.0 Å². The number of ether oxygens (including phenoxy) is 2. The maximum Gasteiger partial charge on any atom is 0.461 e. The minimum absolute atomic E-state index is 0.0706. The van der Waals surface area contributed by atoms with Gasteiger partial charge in [-0.1, -0.05) is 18.9 Å². The summed E-state index contributed by atoms with van der Waals surface area (Å²) in [7, 11) is 2.74. The van der Waals surface area contributed by atoms with E-state index in [4.69, 9.17) is 4.74 Å². The molecule has 0 saturated heterocycles. The molecule has 0 spiro atoms. The first-order chi connectivity index (χ1) is 12.5. The summed E-state index contributed by atoms with van der Waals surface area (Å²) >= 11 is 4.16. The molecule has 0 fully saturated rings. The Morgan fingerprint density at radius 2 is 1.70 bits per heavy atom. The molecule has 0 aliphatic heterocycles. The van der Waals surface area contributed by atoms with E-state index in [0.717, 1.165) is 18.2 Å². The zero-order chi connectivity index (χ0) is 20.4. The maximum atomic E-state index is 13.9. The van der Waals surface area contributed by atoms with Crippen LogP contribution in [0.3, 0.4) is 0 Å². The predicted molar refractivity (Wildman–Crippen MR) is 89.5 cm³/mol. The fraction of sp³-hybridized carbons (Fsp3) is 0.294. The number of thiol groups is 1. The molecule has 0 aliphatic rings. The van der Waals surface area contributed by atoms with Crippen LogP contribution in [0.5, 0.6) is 11.5 Å². The van der Waals surface area contributed by atoms with Crippen molar-refractivity contribution < 1.29 is 35.8 Å². The first kappa shape index (κ1) is 21.2. The topological polar surface area (TPSA) is 21.7 Å². The average Bonchev–Trinajstić information content (AvgIpc) is 2.55. The molecule has 0 amide bonds. The third-order valence-corrected chi connectivity index (χ3v) is 3.81. The normalized spacial score (nSPS) is 13.1. The number of methoxy groups -OCH3 is 1. The second-order valence-corrected chi connectivity index (χ2v) is 6.19. The number of alkyl halides is 4. The highest BCUT2D eigenvalue weighted by molar-refractivity contribution is 7.77. The maximum absolute atomic E-state index is 13.9. The highest BCUT2D eigenvalue weighted by Crippen LogP contribution is 2.35. The largest absolute Gasteiger partial charge is 0.494 e. The van der Waals surface area contributed by atoms with Crippen molar-refractivity contribution in [2.24, 2.45) is 0 Å². The lowest BCUT2D eigenvalue weighted by molar-refractivity contribution is -0.253. The van der Waals surface area contributed by atoms with Gasteiger partial charge in [0.2, 0.25) is 0 Å². The minimum Gasteiger partial charge on any atom is -0.494 e. The van der Waals surface area contributed by atoms with Gasteiger partial charge in [-0.05, 0) is 42.4 Å². The van der Waals surface area contributed by atoms with Gasteiger partial charge in [0.25, 0.3) is 0 Å². The van der Waals surface area contributed by atoms with Gasteiger partial charge < -0.3 is 9.47 Å². The molecule has 3 nitrogen and oxygen atoms in total. The van der Waals surface area contributed by atoms with Gasteiger partial charge in [0, 0.05) is 6.07 Å². The van der Waals surface area contributed by atoms with Crippen molar-refractivity contribution in [1.29, 1.82) is 0 Å². The summed E-state index contributed by atoms with van der Waals surface area (Å²) < 4.78 is 88.7. The van der Waals surface area contributed by atoms with E-state index < -0.39 is 36.0 Å². The highest BCUT2D eigenvalue weighted by Gasteiger charge is 2.44. The summed E-state index contributed by atoms with van der Waals surface area (Å²) in [5, 5.41) is 0. The molecular weight excluding hydrogens is 396 g/mol. The smallest absolute Gasteiger partial charge is 0.461 e. The zero-order valence-electron chi connectivity index (χ0n) is 14.1. The summed E-state index contributed by atoms with van der Waals surface area (Å²) in [5.41, 5.74) is 0.462. The molecule has 0 radical (unpaired) electrons. The van der Waals surface area contributed by atoms with Crippen molar-refractivity contribution in [1.82, 2.24) is 4.31 Å². The number of rotatable bonds is 7. The van der Waals surface area contributed by atoms with E-state index in [9.17, 15) is 26.3 Å². The van der Waals surface area contributed by atoms with Crippen LogP contribution in [0.4, 0.5) is 26.3 Å². The number of hydrogen-bond donors (Lipinski definition) is 1. The van der Waals surface area contributed by atoms with Crippen molar-refractivity contribution in [3.63, 3.8) is 0 Å². The molecule has 0 bridgehead atoms. The van der Waals surface area contributed by atoms with Crippen LogP contribution in [0, 0.1) is 11.6 Å². The fourth-order valence-electron chi connectivity index (χ4n) is 2.47. The van der Waals surface area contributed by atoms with Crippen LogP contribution in [0.2, 0.25) is 0 Å². The molecular formula is C17H15F6NO2S. The van der Waals surface area contributed by atoms with Crippen LogP contribution in [0.15, 0.2) is 36.4 Å². The summed E-state index contributed by atoms with van der Waals surface area (Å²) in [4.78, 5) is 0. The van der Waals surface area contributed by atoms with E-state index in [-0.39, 0.29) is 11.3 Å². The second-order valence-electron chi connectivity index (χ2n) is 5.56. The Morgan fingerprint density at radius 1 is 1.04 bits per heavy atom. The Bertz CT molecular complexity index is 803. The third-order valence-electron chi connectivity index (χ3n) is 3.58. The van der Waals surface area contributed by atoms with Gasteiger partial charge in [0.1, 0.15) is 11.6 Å². The zero-order valence-corrected chi connectivity index (χ0v) is 15.0. The minimum atomic E-state index is -4.79. The van der Waals surface area contributed by atoms with E-state index >= 15 is 0 Å². The number of benzene rings is 2. The van der Waals surface area contributed by atoms with Crippen molar-refractivity contribution >= 4 is 12.8 Å². The van der Waals surface area contributed by atoms with Gasteiger partial charge in [-0.2, -0.15) is 17.6 Å². The lowest BCUT2D eigenvalue weighted by Gasteiger charge is -2.25. The Balaban J connectivity index is 2.49. The lowest BCUT2D eigenvalue weighted by atomic mass is 9.98. The third kappa shape index (κ3) is 5.01. The van der Waals surface area contributed by atoms with Crippen LogP contribution in [-0.2, 0) is 0 Å². The van der Waals surface area contributed by atoms with Crippen LogP contribution >= 0.6 is 12.8 Å². The molecule has 0 N–H and O–H groups in total. The molecule has 1 unspecified atom stereocenters. The second kappa shape index (κ2) is 8.30. The summed E-state index contributed by atoms with van der Waals surface area (Å²) in [5.74, 6) is -2.50. The Hall–Kier alpha value is -2.07. The molecule has 0 saturated carbocycles. The Kier molecular flexibility index (Phi) is 6.53. The summed E-state index contributed by atoms with van der Waals surface area (Å²) in [6.07, 6.45) is -8.87. The van der Waals surface area contributed by atoms with Crippen molar-refractivity contribution in [3.8, 4) is 11.5 Å². The van der Waals surface area contributed by atoms with Gasteiger partial charge in [0.15, 0.2) is 11.6 Å². The number of hydrogen-bond acceptors (Lipinski definition) is 4. The van der Waals surface area contributed by atoms with Gasteiger partial charge in [-0.3, -0.25) is 0 Å². The van der Waals surface area contributed by atoms with Crippen LogP contribution in [0.25, 0.3) is 0 Å². The van der Waals surface area contributed by atoms with E-state index in [1.54, 1.807) is 0 Å². The monoisotopic (exact) mass is 411 g/mol. The molecule has 0 heterocycles. The van der Waals surface area contributed by atoms with E-state index in [1.165, 1.54) is 30.6 Å². The fourth-order valence-corrected chi connectivity index (χ4v) is 2.74. The van der Waals surface area contributed by atoms with Gasteiger partial charge in [0.05, 0.1) is 13.2 Å². The predicted octanol–water partition coefficient (Wildman–Crippen LogP) is 5.08. The lowest BCUT2D eigenvalue weighted by Crippen LogP contribution is -2.33. The molecule has 27 heavy (non-hydrogen) atoms. The van der Waals surface area contributed by atoms with E-state index in [2.05, 4.69) is 17.6 Å². The van der Waals surface area contributed by atoms with Gasteiger partial charge in [-0.25, -0.2) is 13.1 Å². The molecule has 0 aliphatic carbocycles. The summed E-state index contributed by atoms with van der Waals surface area (Å²) in [6.45, 7) is 0. The average molecular weight is 411 g/mol. The molecule has 2 rings (SSSR count). The summed E-state index contributed by atoms with van der Waals surface area (Å²) in [6, 6.07) is 5.50. The molecule has 2 aromatic carbocycles. The molecule has 148 valence electrons. The Labute approximate surface area is 157 Å². The quantitative estimate of drug-likeness (QED) is 0.508. The van der Waals surface area contributed by atoms with E-state index in [0.29, 0.717) is 11.6 Å². The Morgan fingerprint density at radius 3 is 2.26 bits per heavy atom. The molecule has 0 aromatic heterocycles. The van der Waals surface area contributed by atoms with Gasteiger partial charge >= 0.3 is 12.5 Å². The number of nitrogens with zero attached hydrogens (tertiary/aromatic N) is 1. The van der Waals surface area contributed by atoms with Crippen molar-refractivity contribution in [2.45, 2.75) is 18.6 Å². The van der Waals surface area contributed by atoms with Crippen molar-refractivity contribution in [2.75, 3.05) is 14.2 Å². The van der Waals surface area contributed by atoms with Gasteiger partial charge in [-0.15, -0.1) is 0 Å². The van der Waals surface area contributed by atoms with Crippen LogP contribution in [0.1, 0.15) is 17.2 Å². The molecule has 2 aromatic rings. The highest BCUT2D eigenvalue weighted by atomic mass is 32.1. The first-order valence-corrected chi connectivity index (χ1v) is 7.85. The SMILES string of the molecule is COc1cc(C(c2cc(F)cc(OC(F)(F)C(F)F)c2)N(C)S)ccc1F.